The number of aliphatic imine (C=N–C) groups is 6. The van der Waals surface area contributed by atoms with Crippen molar-refractivity contribution in [1.82, 2.24) is 53.2 Å². The molecule has 0 bridgehead atoms. The number of phenols is 1. The topological polar surface area (TPSA) is 862 Å². The van der Waals surface area contributed by atoms with Crippen molar-refractivity contribution in [3.63, 3.8) is 0 Å². The van der Waals surface area contributed by atoms with Gasteiger partial charge in [0.05, 0.1) is 12.6 Å². The summed E-state index contributed by atoms with van der Waals surface area (Å²) >= 11 is 0. The summed E-state index contributed by atoms with van der Waals surface area (Å²) in [5.41, 5.74) is 96.1. The van der Waals surface area contributed by atoms with Crippen molar-refractivity contribution in [3.05, 3.63) is 29.8 Å². The second-order valence-corrected chi connectivity index (χ2v) is 25.5. The summed E-state index contributed by atoms with van der Waals surface area (Å²) in [6, 6.07) is -8.53. The van der Waals surface area contributed by atoms with Crippen LogP contribution in [0.25, 0.3) is 0 Å². The number of aromatic hydroxyl groups is 1. The van der Waals surface area contributed by atoms with E-state index in [4.69, 9.17) is 97.5 Å². The Kier molecular flexibility index (Phi) is 47.8. The molecule has 0 aromatic heterocycles. The van der Waals surface area contributed by atoms with E-state index in [2.05, 4.69) is 83.1 Å². The predicted octanol–water partition coefficient (Wildman–Crippen LogP) is -11.9. The molecule has 110 heavy (non-hydrogen) atoms. The molecule has 45 N–H and O–H groups in total. The minimum Gasteiger partial charge on any atom is -0.508 e. The zero-order valence-electron chi connectivity index (χ0n) is 62.1. The Labute approximate surface area is 637 Å². The number of unbranched alkanes of at least 4 members (excludes halogenated alkanes) is 2. The van der Waals surface area contributed by atoms with E-state index in [9.17, 15) is 62.6 Å². The molecule has 10 atom stereocenters. The molecule has 0 aliphatic rings. The highest BCUT2D eigenvalue weighted by molar-refractivity contribution is 5.99. The van der Waals surface area contributed by atoms with Crippen molar-refractivity contribution in [2.75, 3.05) is 58.9 Å². The van der Waals surface area contributed by atoms with Crippen LogP contribution in [0.4, 0.5) is 0 Å². The number of rotatable bonds is 58. The van der Waals surface area contributed by atoms with Crippen LogP contribution < -0.4 is 151 Å². The second-order valence-electron chi connectivity index (χ2n) is 25.5. The summed E-state index contributed by atoms with van der Waals surface area (Å²) in [4.78, 5) is 191. The van der Waals surface area contributed by atoms with Crippen LogP contribution in [0.5, 0.6) is 5.75 Å². The molecule has 46 heteroatoms. The number of nitrogens with two attached hydrogens (primary N) is 17. The van der Waals surface area contributed by atoms with Gasteiger partial charge in [-0.2, -0.15) is 0 Å². The number of amides is 12. The van der Waals surface area contributed by atoms with Gasteiger partial charge in [-0.3, -0.25) is 87.5 Å². The lowest BCUT2D eigenvalue weighted by Crippen LogP contribution is -2.60. The van der Waals surface area contributed by atoms with Gasteiger partial charge in [-0.15, -0.1) is 0 Å². The van der Waals surface area contributed by atoms with E-state index >= 15 is 0 Å². The molecule has 1 rings (SSSR count). The monoisotopic (exact) mass is 1560 g/mol. The van der Waals surface area contributed by atoms with Crippen LogP contribution in [0.3, 0.4) is 0 Å². The molecule has 46 nitrogen and oxygen atoms in total. The SMILES string of the molecule is NCCCCC(NC(=O)C(CCCN=C(N)N)NC(=O)CNC(=O)C(N)Cc1ccc(O)cc1)C(=O)NC(CCCCN)C(=O)NC(CCCN=C(N)N)C(=O)NC(CCCN=C(N)N)C(=O)NC(CCC(N)=O)C(=O)NC(CCCN=C(N)N)C(=O)NC(CCCN=C(N)N)C(=O)NC(CCCN=C(N)N)C(N)=O. The lowest BCUT2D eigenvalue weighted by Gasteiger charge is -2.28. The van der Waals surface area contributed by atoms with Crippen LogP contribution in [0.2, 0.25) is 0 Å². The molecule has 0 spiro atoms. The molecule has 0 aliphatic heterocycles. The summed E-state index contributed by atoms with van der Waals surface area (Å²) in [5.74, 6) is -12.7. The first-order valence-corrected chi connectivity index (χ1v) is 35.9. The van der Waals surface area contributed by atoms with Crippen LogP contribution in [0, 0.1) is 0 Å². The van der Waals surface area contributed by atoms with Crippen LogP contribution in [-0.2, 0) is 64.0 Å². The Hall–Kier alpha value is -11.8. The number of carbonyl (C=O) groups is 12. The lowest BCUT2D eigenvalue weighted by molar-refractivity contribution is -0.136. The maximum absolute atomic E-state index is 14.8. The zero-order chi connectivity index (χ0) is 82.7. The number of hydrogen-bond donors (Lipinski definition) is 28. The Morgan fingerprint density at radius 1 is 0.318 bits per heavy atom. The average molecular weight is 1560 g/mol. The van der Waals surface area contributed by atoms with Gasteiger partial charge in [-0.25, -0.2) is 0 Å². The van der Waals surface area contributed by atoms with Gasteiger partial charge in [0.2, 0.25) is 70.9 Å². The minimum atomic E-state index is -1.72. The quantitative estimate of drug-likeness (QED) is 0.0164. The van der Waals surface area contributed by atoms with Gasteiger partial charge in [0, 0.05) is 45.7 Å². The molecule has 0 fully saturated rings. The van der Waals surface area contributed by atoms with E-state index in [0.29, 0.717) is 18.4 Å². The highest BCUT2D eigenvalue weighted by Gasteiger charge is 2.36. The molecule has 0 saturated carbocycles. The van der Waals surface area contributed by atoms with Gasteiger partial charge in [0.25, 0.3) is 0 Å². The fraction of sp³-hybridized carbons (Fsp3) is 0.625. The number of phenolic OH excluding ortho intramolecular Hbond substituents is 1. The van der Waals surface area contributed by atoms with Crippen LogP contribution in [-0.4, -0.2) is 231 Å². The normalized spacial score (nSPS) is 13.5. The molecule has 0 aliphatic carbocycles. The van der Waals surface area contributed by atoms with Crippen LogP contribution >= 0.6 is 0 Å². The number of nitrogens with zero attached hydrogens (tertiary/aromatic N) is 6. The average Bonchev–Trinajstić information content (AvgIpc) is 0.869. The summed E-state index contributed by atoms with van der Waals surface area (Å²) in [6.45, 7) is -0.458. The van der Waals surface area contributed by atoms with E-state index in [1.807, 2.05) is 0 Å². The van der Waals surface area contributed by atoms with Crippen molar-refractivity contribution in [2.24, 2.45) is 127 Å². The van der Waals surface area contributed by atoms with Crippen molar-refractivity contribution < 1.29 is 62.6 Å². The van der Waals surface area contributed by atoms with Crippen LogP contribution in [0.1, 0.15) is 134 Å². The molecule has 0 radical (unpaired) electrons. The van der Waals surface area contributed by atoms with Crippen molar-refractivity contribution >= 4 is 107 Å². The summed E-state index contributed by atoms with van der Waals surface area (Å²) in [6.07, 6.45) is -0.463. The third kappa shape index (κ3) is 44.3. The lowest BCUT2D eigenvalue weighted by atomic mass is 10.0. The van der Waals surface area contributed by atoms with Crippen LogP contribution in [0.15, 0.2) is 54.2 Å². The summed E-state index contributed by atoms with van der Waals surface area (Å²) < 4.78 is 0. The summed E-state index contributed by atoms with van der Waals surface area (Å²) in [7, 11) is 0. The highest BCUT2D eigenvalue weighted by atomic mass is 16.3. The number of nitrogens with one attached hydrogen (secondary N) is 10. The standard InChI is InChI=1S/C64H119N33O13/c65-25-3-1-11-40(91-51(103)39(14-6-28-83-60(72)73)89-48(100)34-88-50(102)37(67)33-35-19-21-36(98)22-20-35)53(105)92-41(12-2-4-26-66)54(106)94-43(16-8-30-85-62(76)77)55(107)95-45(18-10-32-87-64(80)81)57(109)97-46(23-24-47(68)99)58(110)96-44(17-9-31-86-63(78)79)56(108)93-42(15-7-29-84-61(74)75)52(104)90-38(49(69)101)13-5-27-82-59(70)71/h19-22,37-46,98H,1-18,23-34,65-67H2,(H2,68,99)(H2,69,101)(H,88,102)(H,89,100)(H,90,104)(H,91,103)(H,92,105)(H,93,108)(H,94,106)(H,95,107)(H,96,110)(H,97,109)(H4,70,71,82)(H4,72,73,83)(H4,74,75,84)(H4,76,77,85)(H4,78,79,86)(H4,80,81,87). The molecule has 0 heterocycles. The first-order chi connectivity index (χ1) is 52.1. The second kappa shape index (κ2) is 54.7. The van der Waals surface area contributed by atoms with Gasteiger partial charge in [0.15, 0.2) is 35.8 Å². The van der Waals surface area contributed by atoms with Gasteiger partial charge in [-0.05, 0) is 159 Å². The van der Waals surface area contributed by atoms with Gasteiger partial charge in [0.1, 0.15) is 60.1 Å². The third-order valence-electron chi connectivity index (χ3n) is 16.1. The number of carbonyl (C=O) groups excluding carboxylic acids is 12. The first kappa shape index (κ1) is 96.2. The molecule has 10 unspecified atom stereocenters. The Bertz CT molecular complexity index is 3280. The molecular weight excluding hydrogens is 1440 g/mol. The number of benzene rings is 1. The molecule has 12 amide bonds. The number of guanidine groups is 6. The maximum Gasteiger partial charge on any atom is 0.243 e. The highest BCUT2D eigenvalue weighted by Crippen LogP contribution is 2.14. The summed E-state index contributed by atoms with van der Waals surface area (Å²) in [5, 5.41) is 35.5. The van der Waals surface area contributed by atoms with E-state index in [0.717, 1.165) is 0 Å². The van der Waals surface area contributed by atoms with Crippen molar-refractivity contribution in [2.45, 2.75) is 195 Å². The van der Waals surface area contributed by atoms with E-state index in [1.54, 1.807) is 12.1 Å². The minimum absolute atomic E-state index is 0.00469. The third-order valence-corrected chi connectivity index (χ3v) is 16.1. The smallest absolute Gasteiger partial charge is 0.243 e. The molecule has 618 valence electrons. The Morgan fingerprint density at radius 3 is 0.818 bits per heavy atom. The Balaban J connectivity index is 3.89. The predicted molar refractivity (Wildman–Crippen MR) is 413 cm³/mol. The zero-order valence-corrected chi connectivity index (χ0v) is 62.1. The van der Waals surface area contributed by atoms with E-state index in [-0.39, 0.29) is 203 Å². The number of hydrogen-bond acceptors (Lipinski definition) is 22. The molecule has 1 aromatic carbocycles. The fourth-order valence-electron chi connectivity index (χ4n) is 10.4. The maximum atomic E-state index is 14.8. The fourth-order valence-corrected chi connectivity index (χ4v) is 10.4. The largest absolute Gasteiger partial charge is 0.508 e. The number of primary amides is 2. The molecule has 1 aromatic rings. The van der Waals surface area contributed by atoms with Gasteiger partial charge in [-0.1, -0.05) is 12.1 Å². The first-order valence-electron chi connectivity index (χ1n) is 35.9. The van der Waals surface area contributed by atoms with E-state index < -0.39 is 151 Å². The molecular formula is C64H119N33O13. The van der Waals surface area contributed by atoms with Gasteiger partial charge < -0.3 is 156 Å². The van der Waals surface area contributed by atoms with Crippen molar-refractivity contribution in [3.8, 4) is 5.75 Å². The Morgan fingerprint density at radius 2 is 0.564 bits per heavy atom. The van der Waals surface area contributed by atoms with Gasteiger partial charge >= 0.3 is 0 Å². The molecule has 0 saturated heterocycles. The van der Waals surface area contributed by atoms with E-state index in [1.165, 1.54) is 12.1 Å². The van der Waals surface area contributed by atoms with Crippen molar-refractivity contribution in [1.29, 1.82) is 0 Å².